The van der Waals surface area contributed by atoms with Gasteiger partial charge in [-0.15, -0.1) is 0 Å². The van der Waals surface area contributed by atoms with Crippen LogP contribution in [-0.2, 0) is 19.4 Å². The fraction of sp³-hybridized carbons (Fsp3) is 0.353. The minimum absolute atomic E-state index is 0.00332. The molecule has 2 aliphatic heterocycles. The summed E-state index contributed by atoms with van der Waals surface area (Å²) in [6.45, 7) is 0. The lowest BCUT2D eigenvalue weighted by atomic mass is 10.1. The molecule has 0 spiro atoms. The Hall–Kier alpha value is -3.08. The number of carbonyl (C=O) groups is 2. The molecular formula is C17H17N5O5S. The third-order valence-corrected chi connectivity index (χ3v) is 6.51. The van der Waals surface area contributed by atoms with Crippen LogP contribution in [0.1, 0.15) is 19.3 Å². The zero-order valence-corrected chi connectivity index (χ0v) is 15.6. The highest BCUT2D eigenvalue weighted by Crippen LogP contribution is 2.22. The van der Waals surface area contributed by atoms with Crippen LogP contribution in [0.25, 0.3) is 10.9 Å². The number of hydrazone groups is 1. The first-order chi connectivity index (χ1) is 13.3. The highest BCUT2D eigenvalue weighted by atomic mass is 32.2. The van der Waals surface area contributed by atoms with Crippen LogP contribution >= 0.6 is 0 Å². The second-order valence-corrected chi connectivity index (χ2v) is 8.95. The van der Waals surface area contributed by atoms with Crippen LogP contribution < -0.4 is 11.0 Å². The number of hydrogen-bond acceptors (Lipinski definition) is 7. The fourth-order valence-electron chi connectivity index (χ4n) is 3.31. The Kier molecular flexibility index (Phi) is 4.46. The number of rotatable bonds is 3. The van der Waals surface area contributed by atoms with Gasteiger partial charge in [0.1, 0.15) is 12.0 Å². The number of nitrogens with one attached hydrogen (secondary N) is 1. The summed E-state index contributed by atoms with van der Waals surface area (Å²) in [6, 6.07) is 6.18. The Morgan fingerprint density at radius 1 is 1.18 bits per heavy atom. The lowest BCUT2D eigenvalue weighted by Crippen LogP contribution is -2.44. The summed E-state index contributed by atoms with van der Waals surface area (Å²) in [6.07, 6.45) is 1.66. The third kappa shape index (κ3) is 3.40. The molecule has 1 aromatic carbocycles. The molecule has 2 aromatic rings. The van der Waals surface area contributed by atoms with E-state index in [4.69, 9.17) is 0 Å². The Labute approximate surface area is 159 Å². The van der Waals surface area contributed by atoms with Crippen molar-refractivity contribution in [2.24, 2.45) is 5.10 Å². The first kappa shape index (κ1) is 18.3. The molecule has 1 N–H and O–H groups in total. The number of fused-ring (bicyclic) bond motifs is 1. The van der Waals surface area contributed by atoms with E-state index >= 15 is 0 Å². The first-order valence-corrected chi connectivity index (χ1v) is 10.5. The molecule has 1 aromatic heterocycles. The highest BCUT2D eigenvalue weighted by molar-refractivity contribution is 7.91. The molecular weight excluding hydrogens is 386 g/mol. The Morgan fingerprint density at radius 3 is 2.71 bits per heavy atom. The number of aromatic nitrogens is 2. The van der Waals surface area contributed by atoms with Crippen molar-refractivity contribution in [2.75, 3.05) is 16.9 Å². The fourth-order valence-corrected chi connectivity index (χ4v) is 5.00. The second kappa shape index (κ2) is 6.82. The smallest absolute Gasteiger partial charge is 0.273 e. The van der Waals surface area contributed by atoms with Crippen LogP contribution in [0.2, 0.25) is 0 Å². The van der Waals surface area contributed by atoms with Crippen molar-refractivity contribution < 1.29 is 18.0 Å². The van der Waals surface area contributed by atoms with Crippen molar-refractivity contribution >= 4 is 38.3 Å². The number of benzene rings is 1. The topological polar surface area (TPSA) is 131 Å². The van der Waals surface area contributed by atoms with Crippen molar-refractivity contribution in [3.8, 4) is 0 Å². The molecule has 3 heterocycles. The molecule has 11 heteroatoms. The van der Waals surface area contributed by atoms with E-state index in [0.29, 0.717) is 17.3 Å². The molecule has 10 nitrogen and oxygen atoms in total. The lowest BCUT2D eigenvalue weighted by molar-refractivity contribution is -0.133. The molecule has 0 bridgehead atoms. The number of hydrogen-bond donors (Lipinski definition) is 1. The van der Waals surface area contributed by atoms with Crippen LogP contribution in [-0.4, -0.2) is 58.2 Å². The Bertz CT molecular complexity index is 1170. The molecule has 146 valence electrons. The molecule has 28 heavy (non-hydrogen) atoms. The predicted molar refractivity (Wildman–Crippen MR) is 101 cm³/mol. The molecule has 0 unspecified atom stereocenters. The van der Waals surface area contributed by atoms with Crippen molar-refractivity contribution in [1.82, 2.24) is 14.7 Å². The summed E-state index contributed by atoms with van der Waals surface area (Å²) in [7, 11) is -3.20. The number of sulfone groups is 1. The Morgan fingerprint density at radius 2 is 1.96 bits per heavy atom. The molecule has 0 radical (unpaired) electrons. The van der Waals surface area contributed by atoms with Crippen LogP contribution in [0.3, 0.4) is 0 Å². The predicted octanol–water partition coefficient (Wildman–Crippen LogP) is -0.368. The standard InChI is InChI=1S/C17H17N5O5S/c23-15-6-5-14(19-22(15)11-7-8-28(26,27)9-11)16(24)20-21-10-18-13-4-2-1-3-12(13)17(21)25/h1-4,10-11H,5-9H2,(H,20,24)/t11-/m0/s1. The van der Waals surface area contributed by atoms with Gasteiger partial charge < -0.3 is 0 Å². The van der Waals surface area contributed by atoms with Gasteiger partial charge in [0.05, 0.1) is 28.5 Å². The van der Waals surface area contributed by atoms with Crippen molar-refractivity contribution in [3.05, 3.63) is 40.9 Å². The average Bonchev–Trinajstić information content (AvgIpc) is 3.04. The Balaban J connectivity index is 1.58. The van der Waals surface area contributed by atoms with E-state index in [1.807, 2.05) is 0 Å². The van der Waals surface area contributed by atoms with Gasteiger partial charge in [0.15, 0.2) is 9.84 Å². The van der Waals surface area contributed by atoms with Crippen LogP contribution in [0.5, 0.6) is 0 Å². The molecule has 0 saturated carbocycles. The number of carbonyl (C=O) groups excluding carboxylic acids is 2. The SMILES string of the molecule is O=C(Nn1cnc2ccccc2c1=O)C1=NN([C@H]2CCS(=O)(=O)C2)C(=O)CC1. The summed E-state index contributed by atoms with van der Waals surface area (Å²) in [5, 5.41) is 5.54. The van der Waals surface area contributed by atoms with Gasteiger partial charge in [-0.25, -0.2) is 23.1 Å². The zero-order valence-electron chi connectivity index (χ0n) is 14.7. The minimum atomic E-state index is -3.20. The van der Waals surface area contributed by atoms with E-state index in [2.05, 4.69) is 15.5 Å². The molecule has 2 aliphatic rings. The van der Waals surface area contributed by atoms with E-state index in [9.17, 15) is 22.8 Å². The third-order valence-electron chi connectivity index (χ3n) is 4.76. The second-order valence-electron chi connectivity index (χ2n) is 6.72. The van der Waals surface area contributed by atoms with Gasteiger partial charge in [0, 0.05) is 12.8 Å². The van der Waals surface area contributed by atoms with E-state index in [0.717, 1.165) is 9.69 Å². The molecule has 4 rings (SSSR count). The normalized spacial score (nSPS) is 21.6. The van der Waals surface area contributed by atoms with Crippen LogP contribution in [0.4, 0.5) is 0 Å². The van der Waals surface area contributed by atoms with E-state index in [1.54, 1.807) is 24.3 Å². The molecule has 1 fully saturated rings. The monoisotopic (exact) mass is 403 g/mol. The maximum absolute atomic E-state index is 12.6. The van der Waals surface area contributed by atoms with Crippen LogP contribution in [0.15, 0.2) is 40.5 Å². The summed E-state index contributed by atoms with van der Waals surface area (Å²) in [4.78, 5) is 41.3. The van der Waals surface area contributed by atoms with Gasteiger partial charge in [-0.3, -0.25) is 19.8 Å². The van der Waals surface area contributed by atoms with Crippen molar-refractivity contribution in [3.63, 3.8) is 0 Å². The summed E-state index contributed by atoms with van der Waals surface area (Å²) in [5.41, 5.74) is 2.56. The quantitative estimate of drug-likeness (QED) is 0.744. The van der Waals surface area contributed by atoms with Crippen LogP contribution in [0, 0.1) is 0 Å². The number of nitrogens with zero attached hydrogens (tertiary/aromatic N) is 4. The van der Waals surface area contributed by atoms with Gasteiger partial charge in [-0.1, -0.05) is 12.1 Å². The van der Waals surface area contributed by atoms with E-state index in [1.165, 1.54) is 6.33 Å². The first-order valence-electron chi connectivity index (χ1n) is 8.72. The lowest BCUT2D eigenvalue weighted by Gasteiger charge is -2.27. The van der Waals surface area contributed by atoms with E-state index < -0.39 is 27.3 Å². The molecule has 1 atom stereocenters. The highest BCUT2D eigenvalue weighted by Gasteiger charge is 2.37. The molecule has 1 saturated heterocycles. The minimum Gasteiger partial charge on any atom is -0.273 e. The van der Waals surface area contributed by atoms with Gasteiger partial charge in [-0.05, 0) is 18.6 Å². The molecule has 0 aliphatic carbocycles. The molecule has 2 amide bonds. The van der Waals surface area contributed by atoms with Gasteiger partial charge in [-0.2, -0.15) is 5.10 Å². The number of para-hydroxylation sites is 1. The van der Waals surface area contributed by atoms with Crippen molar-refractivity contribution in [1.29, 1.82) is 0 Å². The summed E-state index contributed by atoms with van der Waals surface area (Å²) < 4.78 is 24.3. The van der Waals surface area contributed by atoms with Gasteiger partial charge in [0.25, 0.3) is 11.5 Å². The van der Waals surface area contributed by atoms with Crippen molar-refractivity contribution in [2.45, 2.75) is 25.3 Å². The van der Waals surface area contributed by atoms with Gasteiger partial charge in [0.2, 0.25) is 5.91 Å². The van der Waals surface area contributed by atoms with E-state index in [-0.39, 0.29) is 36.0 Å². The maximum Gasteiger partial charge on any atom is 0.286 e. The average molecular weight is 403 g/mol. The van der Waals surface area contributed by atoms with Gasteiger partial charge >= 0.3 is 0 Å². The summed E-state index contributed by atoms with van der Waals surface area (Å²) >= 11 is 0. The number of amides is 2. The largest absolute Gasteiger partial charge is 0.286 e. The zero-order chi connectivity index (χ0) is 19.9. The summed E-state index contributed by atoms with van der Waals surface area (Å²) in [5.74, 6) is -1.12. The maximum atomic E-state index is 12.6.